The molecule has 12 heavy (non-hydrogen) atoms. The third kappa shape index (κ3) is 11900. The van der Waals surface area contributed by atoms with Crippen LogP contribution in [0.15, 0.2) is 0 Å². The lowest BCUT2D eigenvalue weighted by atomic mass is 10.9. The fraction of sp³-hybridized carbons (Fsp3) is 1.00. The Morgan fingerprint density at radius 2 is 1.17 bits per heavy atom. The number of quaternary nitrogens is 2. The predicted molar refractivity (Wildman–Crippen MR) is 40.9 cm³/mol. The van der Waals surface area contributed by atoms with Crippen molar-refractivity contribution in [3.05, 3.63) is 0 Å². The van der Waals surface area contributed by atoms with E-state index >= 15 is 0 Å². The van der Waals surface area contributed by atoms with E-state index in [1.165, 1.54) is 0 Å². The number of aliphatic hydroxyl groups is 1. The molecule has 0 rings (SSSR count). The maximum absolute atomic E-state index is 8.52. The van der Waals surface area contributed by atoms with Gasteiger partial charge in [0.25, 0.3) is 0 Å². The van der Waals surface area contributed by atoms with E-state index in [-0.39, 0.29) is 6.61 Å². The van der Waals surface area contributed by atoms with Crippen LogP contribution in [0.5, 0.6) is 0 Å². The van der Waals surface area contributed by atoms with Crippen molar-refractivity contribution in [3.63, 3.8) is 0 Å². The maximum atomic E-state index is 8.52. The fourth-order valence-corrected chi connectivity index (χ4v) is 0. The summed E-state index contributed by atoms with van der Waals surface area (Å²) in [5, 5.41) is 7.57. The van der Waals surface area contributed by atoms with Crippen LogP contribution in [0.25, 0.3) is 0 Å². The summed E-state index contributed by atoms with van der Waals surface area (Å²) in [4.78, 5) is 0. The third-order valence-corrected chi connectivity index (χ3v) is 0. The van der Waals surface area contributed by atoms with Gasteiger partial charge in [-0.25, -0.2) is 0 Å². The summed E-state index contributed by atoms with van der Waals surface area (Å²) in [5.74, 6) is 0. The van der Waals surface area contributed by atoms with Gasteiger partial charge in [0.05, 0.1) is 14.1 Å². The van der Waals surface area contributed by atoms with Gasteiger partial charge >= 0.3 is 0 Å². The molecule has 0 heterocycles. The van der Waals surface area contributed by atoms with Crippen LogP contribution < -0.4 is 11.5 Å². The van der Waals surface area contributed by atoms with Gasteiger partial charge in [-0.2, -0.15) is 0 Å². The molecule has 7 N–H and O–H groups in total. The highest BCUT2D eigenvalue weighted by atomic mass is 32.3. The Hall–Kier alpha value is -0.250. The molecule has 0 aliphatic heterocycles. The highest BCUT2D eigenvalue weighted by Gasteiger charge is 1.49. The molecule has 0 saturated carbocycles. The largest absolute Gasteiger partial charge is 0.759 e. The second-order valence-electron chi connectivity index (χ2n) is 0.724. The van der Waals surface area contributed by atoms with Crippen molar-refractivity contribution < 1.29 is 34.1 Å². The monoisotopic (exact) mass is 206 g/mol. The first kappa shape index (κ1) is 22.6. The third-order valence-electron chi connectivity index (χ3n) is 0. The Kier molecular flexibility index (Phi) is 42.3. The first-order chi connectivity index (χ1) is 5.41. The van der Waals surface area contributed by atoms with Crippen molar-refractivity contribution in [2.45, 2.75) is 6.92 Å². The summed E-state index contributed by atoms with van der Waals surface area (Å²) in [6.07, 6.45) is 0. The fourth-order valence-electron chi connectivity index (χ4n) is 0. The molecule has 0 aromatic rings. The van der Waals surface area contributed by atoms with Crippen LogP contribution in [0.4, 0.5) is 0 Å². The van der Waals surface area contributed by atoms with E-state index in [1.807, 2.05) is 0 Å². The van der Waals surface area contributed by atoms with Crippen molar-refractivity contribution in [3.8, 4) is 0 Å². The topological polar surface area (TPSA) is 156 Å². The molecule has 8 heteroatoms. The number of hydrogen-bond donors (Lipinski definition) is 3. The minimum absolute atomic E-state index is 0.250. The van der Waals surface area contributed by atoms with E-state index in [2.05, 4.69) is 11.5 Å². The standard InChI is InChI=1S/C2H6O.2CH5N.H2O4S/c1-2-3;2*1-2;1-5(2,3)4/h3H,2H2,1H3;2*2H2,1H3;(H2,1,2,3,4). The second-order valence-corrected chi connectivity index (χ2v) is 1.54. The van der Waals surface area contributed by atoms with Gasteiger partial charge in [0.2, 0.25) is 0 Å². The molecular formula is C4H18N2O5S. The highest BCUT2D eigenvalue weighted by Crippen LogP contribution is 1.57. The van der Waals surface area contributed by atoms with Crippen LogP contribution in [-0.4, -0.2) is 43.3 Å². The van der Waals surface area contributed by atoms with Crippen molar-refractivity contribution in [1.29, 1.82) is 0 Å². The molecule has 0 aromatic carbocycles. The van der Waals surface area contributed by atoms with E-state index in [4.69, 9.17) is 22.6 Å². The lowest BCUT2D eigenvalue weighted by molar-refractivity contribution is -0.325. The molecule has 0 atom stereocenters. The molecule has 80 valence electrons. The van der Waals surface area contributed by atoms with Gasteiger partial charge in [-0.15, -0.1) is 0 Å². The van der Waals surface area contributed by atoms with Crippen LogP contribution in [0.3, 0.4) is 0 Å². The Balaban J connectivity index is -0.0000000397. The summed E-state index contributed by atoms with van der Waals surface area (Å²) >= 11 is 0. The number of rotatable bonds is 0. The number of aliphatic hydroxyl groups excluding tert-OH is 1. The molecule has 0 aliphatic carbocycles. The molecule has 0 spiro atoms. The molecular weight excluding hydrogens is 188 g/mol. The SMILES string of the molecule is CCO.C[NH3+].C[NH3+].O=S(=O)([O-])[O-]. The molecule has 0 bridgehead atoms. The average Bonchev–Trinajstić information content (AvgIpc) is 1.93. The molecule has 7 nitrogen and oxygen atoms in total. The zero-order valence-corrected chi connectivity index (χ0v) is 8.43. The maximum Gasteiger partial charge on any atom is 0.0634 e. The van der Waals surface area contributed by atoms with Crippen LogP contribution in [0.1, 0.15) is 6.92 Å². The average molecular weight is 206 g/mol. The van der Waals surface area contributed by atoms with E-state index in [1.54, 1.807) is 21.0 Å². The zero-order chi connectivity index (χ0) is 11.2. The molecule has 0 radical (unpaired) electrons. The number of hydrogen-bond acceptors (Lipinski definition) is 5. The second kappa shape index (κ2) is 22.4. The molecule has 0 aromatic heterocycles. The van der Waals surface area contributed by atoms with Crippen LogP contribution in [-0.2, 0) is 10.4 Å². The van der Waals surface area contributed by atoms with Crippen molar-refractivity contribution in [1.82, 2.24) is 0 Å². The molecule has 0 aliphatic rings. The molecule has 0 fully saturated rings. The van der Waals surface area contributed by atoms with E-state index in [9.17, 15) is 0 Å². The van der Waals surface area contributed by atoms with Gasteiger partial charge < -0.3 is 25.7 Å². The summed E-state index contributed by atoms with van der Waals surface area (Å²) in [5.41, 5.74) is 6.50. The quantitative estimate of drug-likeness (QED) is 0.275. The van der Waals surface area contributed by atoms with E-state index in [0.717, 1.165) is 0 Å². The smallest absolute Gasteiger partial charge is 0.0634 e. The summed E-state index contributed by atoms with van der Waals surface area (Å²) < 4.78 is 34.1. The summed E-state index contributed by atoms with van der Waals surface area (Å²) in [7, 11) is -1.67. The Morgan fingerprint density at radius 1 is 1.17 bits per heavy atom. The van der Waals surface area contributed by atoms with E-state index in [0.29, 0.717) is 0 Å². The van der Waals surface area contributed by atoms with Crippen LogP contribution >= 0.6 is 0 Å². The zero-order valence-electron chi connectivity index (χ0n) is 7.61. The van der Waals surface area contributed by atoms with Crippen LogP contribution in [0, 0.1) is 0 Å². The Labute approximate surface area is 73.0 Å². The van der Waals surface area contributed by atoms with Crippen LogP contribution in [0.2, 0.25) is 0 Å². The normalized spacial score (nSPS) is 7.33. The summed E-state index contributed by atoms with van der Waals surface area (Å²) in [6.45, 7) is 1.93. The van der Waals surface area contributed by atoms with Gasteiger partial charge in [0.1, 0.15) is 0 Å². The lowest BCUT2D eigenvalue weighted by Gasteiger charge is -2.06. The molecule has 0 saturated heterocycles. The predicted octanol–water partition coefficient (Wildman–Crippen LogP) is -3.62. The van der Waals surface area contributed by atoms with Gasteiger partial charge in [0, 0.05) is 17.0 Å². The Morgan fingerprint density at radius 3 is 1.17 bits per heavy atom. The minimum atomic E-state index is -5.17. The van der Waals surface area contributed by atoms with Gasteiger partial charge in [-0.1, -0.05) is 0 Å². The first-order valence-electron chi connectivity index (χ1n) is 3.10. The van der Waals surface area contributed by atoms with Crippen molar-refractivity contribution >= 4 is 10.4 Å². The van der Waals surface area contributed by atoms with Crippen molar-refractivity contribution in [2.75, 3.05) is 20.7 Å². The van der Waals surface area contributed by atoms with Gasteiger partial charge in [-0.3, -0.25) is 8.42 Å². The molecule has 0 unspecified atom stereocenters. The minimum Gasteiger partial charge on any atom is -0.759 e. The lowest BCUT2D eigenvalue weighted by Crippen LogP contribution is -2.40. The Bertz CT molecular complexity index is 115. The van der Waals surface area contributed by atoms with Gasteiger partial charge in [-0.05, 0) is 6.92 Å². The van der Waals surface area contributed by atoms with E-state index < -0.39 is 10.4 Å². The molecule has 0 amide bonds. The summed E-state index contributed by atoms with van der Waals surface area (Å²) in [6, 6.07) is 0. The van der Waals surface area contributed by atoms with Gasteiger partial charge in [0.15, 0.2) is 0 Å². The highest BCUT2D eigenvalue weighted by molar-refractivity contribution is 7.79. The first-order valence-corrected chi connectivity index (χ1v) is 4.44. The van der Waals surface area contributed by atoms with Crippen molar-refractivity contribution in [2.24, 2.45) is 0 Å².